The fourth-order valence-electron chi connectivity index (χ4n) is 5.71. The van der Waals surface area contributed by atoms with Gasteiger partial charge in [0.1, 0.15) is 0 Å². The van der Waals surface area contributed by atoms with Crippen molar-refractivity contribution in [3.05, 3.63) is 193 Å². The minimum absolute atomic E-state index is 0.383. The first kappa shape index (κ1) is 11.6. The van der Waals surface area contributed by atoms with Gasteiger partial charge in [0.05, 0.1) is 66.3 Å². The maximum absolute atomic E-state index is 10.1. The number of nitrogens with zero attached hydrogens (tertiary/aromatic N) is 2. The van der Waals surface area contributed by atoms with Gasteiger partial charge in [-0.15, -0.1) is 11.3 Å². The second kappa shape index (κ2) is 12.2. The highest BCUT2D eigenvalue weighted by molar-refractivity contribution is 7.26. The molecule has 8 aromatic carbocycles. The van der Waals surface area contributed by atoms with E-state index in [0.717, 1.165) is 4.57 Å². The lowest BCUT2D eigenvalue weighted by atomic mass is 9.98. The summed E-state index contributed by atoms with van der Waals surface area (Å²) < 4.78 is 289. The molecule has 2 nitrogen and oxygen atoms in total. The minimum atomic E-state index is -1.26. The zero-order valence-corrected chi connectivity index (χ0v) is 26.1. The molecule has 0 radical (unpaired) electrons. The van der Waals surface area contributed by atoms with E-state index in [0.29, 0.717) is 16.2 Å². The number of benzene rings is 8. The molecule has 2 heterocycles. The summed E-state index contributed by atoms with van der Waals surface area (Å²) in [5.41, 5.74) is -8.78. The van der Waals surface area contributed by atoms with Crippen LogP contribution in [-0.2, 0) is 0 Å². The number of thiophene rings is 1. The quantitative estimate of drug-likeness (QED) is 0.168. The molecule has 3 heteroatoms. The largest absolute Gasteiger partial charge is 0.310 e. The molecule has 0 spiro atoms. The number of aromatic nitrogens is 1. The minimum Gasteiger partial charge on any atom is -0.310 e. The van der Waals surface area contributed by atoms with Gasteiger partial charge in [-0.25, -0.2) is 0 Å². The molecule has 0 bridgehead atoms. The van der Waals surface area contributed by atoms with E-state index in [9.17, 15) is 19.2 Å². The summed E-state index contributed by atoms with van der Waals surface area (Å²) in [6, 6.07) is -32.7. The molecule has 10 rings (SSSR count). The summed E-state index contributed by atoms with van der Waals surface area (Å²) in [6.07, 6.45) is 0. The molecule has 0 N–H and O–H groups in total. The molecule has 0 amide bonds. The lowest BCUT2D eigenvalue weighted by Gasteiger charge is -2.27. The van der Waals surface area contributed by atoms with Gasteiger partial charge in [-0.05, 0) is 65.5 Å². The van der Waals surface area contributed by atoms with Crippen LogP contribution in [0.2, 0.25) is 0 Å². The van der Waals surface area contributed by atoms with Crippen molar-refractivity contribution in [2.45, 2.75) is 0 Å². The standard InChI is InChI=1S/C48H32N2S/c1-3-15-33(16-4-1)34-27-29-36(30-28-34)49(35-17-5-2-6-18-35)45-32-31-40(48-47(45)41-22-10-14-26-46(41)51-48)39-21-9-13-25-44(39)50-42-23-11-7-19-37(42)38-20-8-12-24-43(38)50/h1-32H/i1D,2D,3D,4D,5D,6D,7D,8D,9D,10D,11D,12D,13D,14D,15D,16D,17D,18D,19D,20D,21D,22D,23D,24D,25D,26D,27D,28D,29D,30D,31D,32D. The van der Waals surface area contributed by atoms with Crippen molar-refractivity contribution in [3.63, 3.8) is 0 Å². The van der Waals surface area contributed by atoms with Gasteiger partial charge in [-0.2, -0.15) is 0 Å². The molecule has 0 fully saturated rings. The molecule has 240 valence electrons. The zero-order valence-electron chi connectivity index (χ0n) is 57.3. The van der Waals surface area contributed by atoms with Gasteiger partial charge in [0.15, 0.2) is 0 Å². The van der Waals surface area contributed by atoms with Crippen LogP contribution in [0.1, 0.15) is 43.9 Å². The van der Waals surface area contributed by atoms with E-state index in [2.05, 4.69) is 0 Å². The molecule has 2 aromatic heterocycles. The first-order valence-electron chi connectivity index (χ1n) is 30.7. The maximum Gasteiger partial charge on any atom is 0.0645 e. The van der Waals surface area contributed by atoms with Crippen molar-refractivity contribution >= 4 is 70.4 Å². The topological polar surface area (TPSA) is 8.17 Å². The predicted molar refractivity (Wildman–Crippen MR) is 219 cm³/mol. The third-order valence-electron chi connectivity index (χ3n) is 7.80. The Hall–Kier alpha value is -6.42. The second-order valence-electron chi connectivity index (χ2n) is 10.5. The average molecular weight is 701 g/mol. The number of hydrogen-bond acceptors (Lipinski definition) is 2. The zero-order chi connectivity index (χ0) is 61.6. The SMILES string of the molecule is [2H]c1c([2H])c([2H])c(-c2c([2H])c([2H])c(N(c3c([2H])c([2H])c([2H])c([2H])c3[2H])c3c([2H])c([2H])c(-c4c([2H])c([2H])c([2H])c([2H])c4-n4c5c([2H])c([2H])c([2H])c([2H])c5c5c([2H])c([2H])c([2H])c([2H])c54)c4sc5c([2H])c([2H])c([2H])c([2H])c5c34)c([2H])c2[2H])c([2H])c1[2H]. The molecule has 0 unspecified atom stereocenters. The molecule has 0 atom stereocenters. The van der Waals surface area contributed by atoms with Crippen LogP contribution in [-0.4, -0.2) is 4.57 Å². The fourth-order valence-corrected chi connectivity index (χ4v) is 6.83. The lowest BCUT2D eigenvalue weighted by molar-refractivity contribution is 1.18. The van der Waals surface area contributed by atoms with Crippen LogP contribution in [0.4, 0.5) is 17.1 Å². The Morgan fingerprint density at radius 3 is 1.71 bits per heavy atom. The third-order valence-corrected chi connectivity index (χ3v) is 8.92. The first-order chi connectivity index (χ1) is 38.6. The smallest absolute Gasteiger partial charge is 0.0645 e. The van der Waals surface area contributed by atoms with E-state index in [1.165, 1.54) is 0 Å². The van der Waals surface area contributed by atoms with E-state index in [4.69, 9.17) is 24.7 Å². The number of hydrogen-bond donors (Lipinski definition) is 0. The summed E-state index contributed by atoms with van der Waals surface area (Å²) in [7, 11) is 0. The Labute approximate surface area is 345 Å². The molecule has 0 aliphatic carbocycles. The fraction of sp³-hybridized carbons (Fsp3) is 0. The lowest BCUT2D eigenvalue weighted by Crippen LogP contribution is -2.10. The highest BCUT2D eigenvalue weighted by Crippen LogP contribution is 2.49. The second-order valence-corrected chi connectivity index (χ2v) is 11.5. The van der Waals surface area contributed by atoms with E-state index in [1.54, 1.807) is 0 Å². The highest BCUT2D eigenvalue weighted by atomic mass is 32.1. The Bertz CT molecular complexity index is 4550. The van der Waals surface area contributed by atoms with Crippen molar-refractivity contribution < 1.29 is 43.9 Å². The monoisotopic (exact) mass is 700 g/mol. The van der Waals surface area contributed by atoms with Crippen molar-refractivity contribution in [2.75, 3.05) is 4.90 Å². The maximum atomic E-state index is 10.1. The van der Waals surface area contributed by atoms with E-state index < -0.39 is 280 Å². The Morgan fingerprint density at radius 2 is 0.980 bits per heavy atom. The van der Waals surface area contributed by atoms with E-state index in [-0.39, 0.29) is 0 Å². The summed E-state index contributed by atoms with van der Waals surface area (Å²) in [6.45, 7) is 0. The van der Waals surface area contributed by atoms with E-state index in [1.807, 2.05) is 0 Å². The van der Waals surface area contributed by atoms with Crippen molar-refractivity contribution in [1.29, 1.82) is 0 Å². The van der Waals surface area contributed by atoms with Gasteiger partial charge in [0, 0.05) is 53.4 Å². The molecule has 0 aliphatic rings. The first-order valence-corrected chi connectivity index (χ1v) is 15.6. The molecule has 51 heavy (non-hydrogen) atoms. The normalized spacial score (nSPS) is 20.3. The van der Waals surface area contributed by atoms with Gasteiger partial charge in [-0.1, -0.05) is 139 Å². The van der Waals surface area contributed by atoms with Gasteiger partial charge in [-0.3, -0.25) is 0 Å². The van der Waals surface area contributed by atoms with Crippen molar-refractivity contribution in [1.82, 2.24) is 4.57 Å². The molecule has 0 saturated heterocycles. The van der Waals surface area contributed by atoms with Crippen LogP contribution in [0.3, 0.4) is 0 Å². The van der Waals surface area contributed by atoms with Gasteiger partial charge >= 0.3 is 0 Å². The van der Waals surface area contributed by atoms with Crippen LogP contribution in [0.15, 0.2) is 193 Å². The third kappa shape index (κ3) is 4.85. The summed E-state index contributed by atoms with van der Waals surface area (Å²) in [4.78, 5) is 0.438. The molecular formula is C48H32N2S. The predicted octanol–water partition coefficient (Wildman–Crippen LogP) is 14.0. The summed E-state index contributed by atoms with van der Waals surface area (Å²) in [5, 5.41) is -2.41. The van der Waals surface area contributed by atoms with Crippen LogP contribution < -0.4 is 4.90 Å². The number of rotatable bonds is 6. The van der Waals surface area contributed by atoms with Crippen LogP contribution >= 0.6 is 11.3 Å². The number of anilines is 3. The molecule has 0 aliphatic heterocycles. The summed E-state index contributed by atoms with van der Waals surface area (Å²) >= 11 is 0.383. The van der Waals surface area contributed by atoms with Crippen LogP contribution in [0.5, 0.6) is 0 Å². The van der Waals surface area contributed by atoms with Crippen LogP contribution in [0, 0.1) is 0 Å². The van der Waals surface area contributed by atoms with E-state index >= 15 is 0 Å². The van der Waals surface area contributed by atoms with Crippen molar-refractivity contribution in [2.24, 2.45) is 0 Å². The van der Waals surface area contributed by atoms with Crippen molar-refractivity contribution in [3.8, 4) is 27.9 Å². The molecule has 0 saturated carbocycles. The Morgan fingerprint density at radius 1 is 0.431 bits per heavy atom. The van der Waals surface area contributed by atoms with Crippen LogP contribution in [0.25, 0.3) is 69.9 Å². The number of para-hydroxylation sites is 4. The highest BCUT2D eigenvalue weighted by Gasteiger charge is 2.23. The van der Waals surface area contributed by atoms with Gasteiger partial charge in [0.25, 0.3) is 0 Å². The van der Waals surface area contributed by atoms with Gasteiger partial charge in [0.2, 0.25) is 0 Å². The molecular weight excluding hydrogens is 637 g/mol. The Balaban J connectivity index is 1.50. The average Bonchev–Trinajstić information content (AvgIpc) is 1.96. The number of fused-ring (bicyclic) bond motifs is 6. The Kier molecular flexibility index (Phi) is 2.76. The molecule has 10 aromatic rings. The van der Waals surface area contributed by atoms with Gasteiger partial charge < -0.3 is 9.47 Å². The summed E-state index contributed by atoms with van der Waals surface area (Å²) in [5.74, 6) is 0.